The van der Waals surface area contributed by atoms with Gasteiger partial charge < -0.3 is 19.5 Å². The Kier molecular flexibility index (Phi) is 6.46. The standard InChI is InChI=1S/C25H22FNO5S/c1-31-18-10-5-15(14-19(18)32-2)11-12-27-22(20-4-3-13-33-20)21(24(29)25(27)30)23(28)16-6-8-17(26)9-7-16/h3-10,13-14,22,28H,11-12H2,1-2H3/t22-/m1/s1. The molecule has 1 amide bonds. The van der Waals surface area contributed by atoms with Crippen molar-refractivity contribution < 1.29 is 28.6 Å². The van der Waals surface area contributed by atoms with E-state index in [0.29, 0.717) is 17.9 Å². The maximum atomic E-state index is 13.3. The van der Waals surface area contributed by atoms with Crippen LogP contribution in [0.3, 0.4) is 0 Å². The van der Waals surface area contributed by atoms with Gasteiger partial charge in [0.15, 0.2) is 11.5 Å². The minimum atomic E-state index is -0.762. The first-order valence-electron chi connectivity index (χ1n) is 10.2. The third kappa shape index (κ3) is 4.34. The molecular weight excluding hydrogens is 445 g/mol. The van der Waals surface area contributed by atoms with E-state index in [1.165, 1.54) is 40.5 Å². The van der Waals surface area contributed by atoms with Crippen molar-refractivity contribution in [3.8, 4) is 11.5 Å². The molecule has 0 bridgehead atoms. The van der Waals surface area contributed by atoms with Crippen LogP contribution >= 0.6 is 11.3 Å². The number of aliphatic hydroxyl groups is 1. The lowest BCUT2D eigenvalue weighted by atomic mass is 9.99. The highest BCUT2D eigenvalue weighted by atomic mass is 32.1. The molecule has 1 atom stereocenters. The van der Waals surface area contributed by atoms with Gasteiger partial charge in [-0.05, 0) is 59.8 Å². The first kappa shape index (κ1) is 22.5. The molecule has 0 saturated carbocycles. The SMILES string of the molecule is COc1ccc(CCN2C(=O)C(=O)C(=C(O)c3ccc(F)cc3)[C@H]2c2cccs2)cc1OC. The highest BCUT2D eigenvalue weighted by molar-refractivity contribution is 7.10. The molecule has 1 aliphatic rings. The second kappa shape index (κ2) is 9.46. The Labute approximate surface area is 194 Å². The van der Waals surface area contributed by atoms with Gasteiger partial charge in [0.2, 0.25) is 0 Å². The Bertz CT molecular complexity index is 1200. The molecule has 0 spiro atoms. The number of carbonyl (C=O) groups excluding carboxylic acids is 2. The van der Waals surface area contributed by atoms with E-state index in [1.807, 2.05) is 29.6 Å². The molecule has 1 fully saturated rings. The lowest BCUT2D eigenvalue weighted by molar-refractivity contribution is -0.139. The van der Waals surface area contributed by atoms with Crippen LogP contribution in [-0.4, -0.2) is 42.5 Å². The van der Waals surface area contributed by atoms with Crippen LogP contribution in [0.1, 0.15) is 22.0 Å². The lowest BCUT2D eigenvalue weighted by Gasteiger charge is -2.24. The van der Waals surface area contributed by atoms with E-state index < -0.39 is 23.5 Å². The van der Waals surface area contributed by atoms with Crippen molar-refractivity contribution in [1.29, 1.82) is 0 Å². The van der Waals surface area contributed by atoms with Crippen molar-refractivity contribution in [2.75, 3.05) is 20.8 Å². The van der Waals surface area contributed by atoms with E-state index in [0.717, 1.165) is 10.4 Å². The van der Waals surface area contributed by atoms with Crippen LogP contribution in [0.5, 0.6) is 11.5 Å². The van der Waals surface area contributed by atoms with Crippen molar-refractivity contribution in [1.82, 2.24) is 4.90 Å². The number of benzene rings is 2. The third-order valence-electron chi connectivity index (χ3n) is 5.56. The molecule has 0 aliphatic carbocycles. The largest absolute Gasteiger partial charge is 0.507 e. The second-order valence-electron chi connectivity index (χ2n) is 7.45. The molecule has 4 rings (SSSR count). The fourth-order valence-corrected chi connectivity index (χ4v) is 4.75. The van der Waals surface area contributed by atoms with Gasteiger partial charge >= 0.3 is 0 Å². The van der Waals surface area contributed by atoms with Crippen LogP contribution < -0.4 is 9.47 Å². The Morgan fingerprint density at radius 2 is 1.79 bits per heavy atom. The van der Waals surface area contributed by atoms with Crippen LogP contribution in [0.25, 0.3) is 5.76 Å². The van der Waals surface area contributed by atoms with Gasteiger partial charge in [0.1, 0.15) is 11.6 Å². The maximum absolute atomic E-state index is 13.3. The van der Waals surface area contributed by atoms with E-state index in [1.54, 1.807) is 20.3 Å². The number of Topliss-reactive ketones (excluding diaryl/α,β-unsaturated/α-hetero) is 1. The number of thiophene rings is 1. The topological polar surface area (TPSA) is 76.1 Å². The molecule has 3 aromatic rings. The monoisotopic (exact) mass is 467 g/mol. The summed E-state index contributed by atoms with van der Waals surface area (Å²) in [6, 6.07) is 13.6. The van der Waals surface area contributed by atoms with Crippen molar-refractivity contribution in [3.05, 3.63) is 87.4 Å². The molecule has 1 N–H and O–H groups in total. The zero-order valence-corrected chi connectivity index (χ0v) is 18.9. The summed E-state index contributed by atoms with van der Waals surface area (Å²) in [4.78, 5) is 28.2. The minimum Gasteiger partial charge on any atom is -0.507 e. The predicted octanol–water partition coefficient (Wildman–Crippen LogP) is 4.57. The zero-order valence-electron chi connectivity index (χ0n) is 18.1. The molecule has 2 aromatic carbocycles. The molecule has 1 aromatic heterocycles. The van der Waals surface area contributed by atoms with E-state index in [-0.39, 0.29) is 23.4 Å². The fraction of sp³-hybridized carbons (Fsp3) is 0.200. The maximum Gasteiger partial charge on any atom is 0.295 e. The molecule has 1 saturated heterocycles. The highest BCUT2D eigenvalue weighted by Gasteiger charge is 2.46. The second-order valence-corrected chi connectivity index (χ2v) is 8.43. The number of aliphatic hydroxyl groups excluding tert-OH is 1. The summed E-state index contributed by atoms with van der Waals surface area (Å²) in [5, 5.41) is 12.8. The summed E-state index contributed by atoms with van der Waals surface area (Å²) in [5.41, 5.74) is 1.18. The van der Waals surface area contributed by atoms with Gasteiger partial charge in [-0.15, -0.1) is 11.3 Å². The van der Waals surface area contributed by atoms with Gasteiger partial charge in [0, 0.05) is 17.0 Å². The third-order valence-corrected chi connectivity index (χ3v) is 6.48. The zero-order chi connectivity index (χ0) is 23.5. The number of amides is 1. The van der Waals surface area contributed by atoms with E-state index in [9.17, 15) is 19.1 Å². The number of carbonyl (C=O) groups is 2. The average Bonchev–Trinajstić information content (AvgIpc) is 3.44. The first-order chi connectivity index (χ1) is 15.9. The molecule has 0 radical (unpaired) electrons. The van der Waals surface area contributed by atoms with Crippen molar-refractivity contribution >= 4 is 28.8 Å². The van der Waals surface area contributed by atoms with Crippen molar-refractivity contribution in [2.24, 2.45) is 0 Å². The number of nitrogens with zero attached hydrogens (tertiary/aromatic N) is 1. The summed E-state index contributed by atoms with van der Waals surface area (Å²) < 4.78 is 24.0. The van der Waals surface area contributed by atoms with Gasteiger partial charge in [-0.25, -0.2) is 4.39 Å². The summed E-state index contributed by atoms with van der Waals surface area (Å²) in [6.07, 6.45) is 0.464. The van der Waals surface area contributed by atoms with Crippen LogP contribution in [0.2, 0.25) is 0 Å². The van der Waals surface area contributed by atoms with E-state index in [2.05, 4.69) is 0 Å². The number of rotatable bonds is 7. The van der Waals surface area contributed by atoms with E-state index in [4.69, 9.17) is 9.47 Å². The predicted molar refractivity (Wildman–Crippen MR) is 123 cm³/mol. The smallest absolute Gasteiger partial charge is 0.295 e. The van der Waals surface area contributed by atoms with Crippen molar-refractivity contribution in [3.63, 3.8) is 0 Å². The van der Waals surface area contributed by atoms with Gasteiger partial charge in [0.05, 0.1) is 25.8 Å². The van der Waals surface area contributed by atoms with Crippen molar-refractivity contribution in [2.45, 2.75) is 12.5 Å². The molecule has 170 valence electrons. The summed E-state index contributed by atoms with van der Waals surface area (Å²) >= 11 is 1.39. The number of hydrogen-bond acceptors (Lipinski definition) is 6. The van der Waals surface area contributed by atoms with E-state index >= 15 is 0 Å². The Morgan fingerprint density at radius 1 is 1.06 bits per heavy atom. The van der Waals surface area contributed by atoms with Crippen LogP contribution in [-0.2, 0) is 16.0 Å². The van der Waals surface area contributed by atoms with Gasteiger partial charge in [-0.1, -0.05) is 12.1 Å². The Balaban J connectivity index is 1.69. The summed E-state index contributed by atoms with van der Waals surface area (Å²) in [7, 11) is 3.10. The number of ether oxygens (including phenoxy) is 2. The quantitative estimate of drug-likeness (QED) is 0.313. The lowest BCUT2D eigenvalue weighted by Crippen LogP contribution is -2.31. The highest BCUT2D eigenvalue weighted by Crippen LogP contribution is 2.41. The molecular formula is C25H22FNO5S. The molecule has 33 heavy (non-hydrogen) atoms. The van der Waals surface area contributed by atoms with Crippen LogP contribution in [0.15, 0.2) is 65.6 Å². The molecule has 2 heterocycles. The average molecular weight is 468 g/mol. The van der Waals surface area contributed by atoms with Gasteiger partial charge in [0.25, 0.3) is 11.7 Å². The number of ketones is 1. The molecule has 1 aliphatic heterocycles. The van der Waals surface area contributed by atoms with Gasteiger partial charge in [-0.2, -0.15) is 0 Å². The normalized spacial score (nSPS) is 17.4. The molecule has 0 unspecified atom stereocenters. The number of likely N-dealkylation sites (tertiary alicyclic amines) is 1. The Morgan fingerprint density at radius 3 is 2.42 bits per heavy atom. The summed E-state index contributed by atoms with van der Waals surface area (Å²) in [6.45, 7) is 0.253. The van der Waals surface area contributed by atoms with Gasteiger partial charge in [-0.3, -0.25) is 9.59 Å². The molecule has 6 nitrogen and oxygen atoms in total. The first-order valence-corrected chi connectivity index (χ1v) is 11.1. The minimum absolute atomic E-state index is 0.00127. The number of halogens is 1. The fourth-order valence-electron chi connectivity index (χ4n) is 3.90. The number of hydrogen-bond donors (Lipinski definition) is 1. The Hall–Kier alpha value is -3.65. The van der Waals surface area contributed by atoms with Crippen LogP contribution in [0.4, 0.5) is 4.39 Å². The summed E-state index contributed by atoms with van der Waals surface area (Å²) in [5.74, 6) is -1.06. The molecule has 8 heteroatoms. The van der Waals surface area contributed by atoms with Crippen LogP contribution in [0, 0.1) is 5.82 Å². The number of methoxy groups -OCH3 is 2.